The van der Waals surface area contributed by atoms with E-state index in [2.05, 4.69) is 27.9 Å². The zero-order valence-corrected chi connectivity index (χ0v) is 14.5. The van der Waals surface area contributed by atoms with Crippen LogP contribution >= 0.6 is 22.6 Å². The van der Waals surface area contributed by atoms with Crippen LogP contribution in [0, 0.1) is 3.57 Å². The molecule has 2 aromatic rings. The Balaban J connectivity index is 2.00. The maximum Gasteiger partial charge on any atom is 0.265 e. The number of ketones is 1. The quantitative estimate of drug-likeness (QED) is 0.602. The van der Waals surface area contributed by atoms with Crippen LogP contribution in [0.15, 0.2) is 48.5 Å². The van der Waals surface area contributed by atoms with Crippen molar-refractivity contribution >= 4 is 40.0 Å². The van der Waals surface area contributed by atoms with Crippen molar-refractivity contribution in [3.8, 4) is 5.75 Å². The molecule has 0 radical (unpaired) electrons. The number of nitrogens with one attached hydrogen (secondary N) is 1. The molecule has 1 atom stereocenters. The minimum absolute atomic E-state index is 0.0403. The second-order valence-electron chi connectivity index (χ2n) is 4.84. The predicted octanol–water partition coefficient (Wildman–Crippen LogP) is 3.90. The summed E-state index contributed by atoms with van der Waals surface area (Å²) in [5, 5.41) is 2.79. The van der Waals surface area contributed by atoms with Crippen LogP contribution in [0.5, 0.6) is 5.75 Å². The van der Waals surface area contributed by atoms with Crippen molar-refractivity contribution in [3.05, 3.63) is 57.7 Å². The number of ether oxygens (including phenoxy) is 1. The lowest BCUT2D eigenvalue weighted by Gasteiger charge is -2.15. The van der Waals surface area contributed by atoms with Crippen LogP contribution in [0.3, 0.4) is 0 Å². The molecule has 0 aliphatic rings. The molecule has 2 aromatic carbocycles. The summed E-state index contributed by atoms with van der Waals surface area (Å²) in [6, 6.07) is 14.3. The SMILES string of the molecule is CC(=O)c1cccc(O[C@H](C)C(=O)Nc2ccc(I)cc2)c1. The van der Waals surface area contributed by atoms with E-state index in [9.17, 15) is 9.59 Å². The third-order valence-corrected chi connectivity index (χ3v) is 3.75. The van der Waals surface area contributed by atoms with E-state index in [1.54, 1.807) is 31.2 Å². The topological polar surface area (TPSA) is 55.4 Å². The molecular weight excluding hydrogens is 393 g/mol. The molecule has 0 aliphatic carbocycles. The van der Waals surface area contributed by atoms with Crippen LogP contribution in [0.25, 0.3) is 0 Å². The molecule has 2 rings (SSSR count). The Bertz CT molecular complexity index is 683. The fraction of sp³-hybridized carbons (Fsp3) is 0.176. The Morgan fingerprint density at radius 3 is 2.45 bits per heavy atom. The highest BCUT2D eigenvalue weighted by Gasteiger charge is 2.15. The minimum Gasteiger partial charge on any atom is -0.481 e. The van der Waals surface area contributed by atoms with Crippen LogP contribution in [0.2, 0.25) is 0 Å². The number of Topliss-reactive ketones (excluding diaryl/α,β-unsaturated/α-hetero) is 1. The molecule has 0 aliphatic heterocycles. The molecule has 0 aromatic heterocycles. The molecule has 1 N–H and O–H groups in total. The van der Waals surface area contributed by atoms with Crippen LogP contribution in [0.1, 0.15) is 24.2 Å². The van der Waals surface area contributed by atoms with Crippen LogP contribution in [-0.4, -0.2) is 17.8 Å². The van der Waals surface area contributed by atoms with E-state index >= 15 is 0 Å². The van der Waals surface area contributed by atoms with Crippen LogP contribution in [0.4, 0.5) is 5.69 Å². The van der Waals surface area contributed by atoms with Gasteiger partial charge in [0.25, 0.3) is 5.91 Å². The van der Waals surface area contributed by atoms with E-state index < -0.39 is 6.10 Å². The lowest BCUT2D eigenvalue weighted by molar-refractivity contribution is -0.122. The van der Waals surface area contributed by atoms with E-state index in [4.69, 9.17) is 4.74 Å². The minimum atomic E-state index is -0.665. The largest absolute Gasteiger partial charge is 0.481 e. The molecule has 0 fully saturated rings. The van der Waals surface area contributed by atoms with Crippen molar-refractivity contribution in [1.29, 1.82) is 0 Å². The molecule has 0 bridgehead atoms. The Labute approximate surface area is 143 Å². The average Bonchev–Trinajstić information content (AvgIpc) is 2.49. The summed E-state index contributed by atoms with van der Waals surface area (Å²) in [4.78, 5) is 23.5. The van der Waals surface area contributed by atoms with Crippen LogP contribution in [-0.2, 0) is 4.79 Å². The van der Waals surface area contributed by atoms with E-state index in [0.717, 1.165) is 9.26 Å². The lowest BCUT2D eigenvalue weighted by Crippen LogP contribution is -2.30. The van der Waals surface area contributed by atoms with Gasteiger partial charge in [-0.05, 0) is 72.8 Å². The summed E-state index contributed by atoms with van der Waals surface area (Å²) in [7, 11) is 0. The van der Waals surface area contributed by atoms with Crippen molar-refractivity contribution in [1.82, 2.24) is 0 Å². The number of hydrogen-bond acceptors (Lipinski definition) is 3. The van der Waals surface area contributed by atoms with Crippen molar-refractivity contribution in [2.45, 2.75) is 20.0 Å². The lowest BCUT2D eigenvalue weighted by atomic mass is 10.1. The molecule has 0 spiro atoms. The summed E-state index contributed by atoms with van der Waals surface area (Å²) >= 11 is 2.20. The second-order valence-corrected chi connectivity index (χ2v) is 6.09. The van der Waals surface area contributed by atoms with Crippen molar-refractivity contribution in [2.75, 3.05) is 5.32 Å². The van der Waals surface area contributed by atoms with Gasteiger partial charge in [-0.25, -0.2) is 0 Å². The fourth-order valence-electron chi connectivity index (χ4n) is 1.82. The molecule has 5 heteroatoms. The zero-order chi connectivity index (χ0) is 16.1. The number of hydrogen-bond donors (Lipinski definition) is 1. The maximum atomic E-state index is 12.1. The monoisotopic (exact) mass is 409 g/mol. The van der Waals surface area contributed by atoms with Gasteiger partial charge in [-0.2, -0.15) is 0 Å². The molecular formula is C17H16INO3. The van der Waals surface area contributed by atoms with Gasteiger partial charge in [0.1, 0.15) is 5.75 Å². The average molecular weight is 409 g/mol. The summed E-state index contributed by atoms with van der Waals surface area (Å²) in [6.07, 6.45) is -0.665. The summed E-state index contributed by atoms with van der Waals surface area (Å²) in [5.41, 5.74) is 1.28. The number of anilines is 1. The second kappa shape index (κ2) is 7.40. The molecule has 0 unspecified atom stereocenters. The normalized spacial score (nSPS) is 11.6. The van der Waals surface area contributed by atoms with Crippen molar-refractivity contribution in [2.24, 2.45) is 0 Å². The van der Waals surface area contributed by atoms with Gasteiger partial charge in [-0.3, -0.25) is 9.59 Å². The van der Waals surface area contributed by atoms with Gasteiger partial charge < -0.3 is 10.1 Å². The first kappa shape index (κ1) is 16.5. The van der Waals surface area contributed by atoms with Crippen molar-refractivity contribution in [3.63, 3.8) is 0 Å². The first-order valence-corrected chi connectivity index (χ1v) is 7.87. The highest BCUT2D eigenvalue weighted by Crippen LogP contribution is 2.17. The van der Waals surface area contributed by atoms with Gasteiger partial charge in [0, 0.05) is 14.8 Å². The Morgan fingerprint density at radius 1 is 1.14 bits per heavy atom. The summed E-state index contributed by atoms with van der Waals surface area (Å²) in [5.74, 6) is 0.217. The zero-order valence-electron chi connectivity index (χ0n) is 12.3. The van der Waals surface area contributed by atoms with Crippen molar-refractivity contribution < 1.29 is 14.3 Å². The van der Waals surface area contributed by atoms with Gasteiger partial charge in [-0.15, -0.1) is 0 Å². The molecule has 114 valence electrons. The molecule has 1 amide bonds. The standard InChI is InChI=1S/C17H16INO3/c1-11(20)13-4-3-5-16(10-13)22-12(2)17(21)19-15-8-6-14(18)7-9-15/h3-10,12H,1-2H3,(H,19,21)/t12-/m1/s1. The third-order valence-electron chi connectivity index (χ3n) is 3.03. The Morgan fingerprint density at radius 2 is 1.82 bits per heavy atom. The van der Waals surface area contributed by atoms with Crippen LogP contribution < -0.4 is 10.1 Å². The van der Waals surface area contributed by atoms with Gasteiger partial charge in [-0.1, -0.05) is 12.1 Å². The Hall–Kier alpha value is -1.89. The fourth-order valence-corrected chi connectivity index (χ4v) is 2.18. The smallest absolute Gasteiger partial charge is 0.265 e. The molecule has 0 saturated carbocycles. The summed E-state index contributed by atoms with van der Waals surface area (Å²) < 4.78 is 6.70. The highest BCUT2D eigenvalue weighted by molar-refractivity contribution is 14.1. The first-order chi connectivity index (χ1) is 10.5. The highest BCUT2D eigenvalue weighted by atomic mass is 127. The first-order valence-electron chi connectivity index (χ1n) is 6.80. The van der Waals surface area contributed by atoms with E-state index in [1.807, 2.05) is 24.3 Å². The molecule has 4 nitrogen and oxygen atoms in total. The molecule has 0 heterocycles. The van der Waals surface area contributed by atoms with E-state index in [0.29, 0.717) is 11.3 Å². The number of amides is 1. The predicted molar refractivity (Wildman–Crippen MR) is 94.3 cm³/mol. The number of carbonyl (C=O) groups excluding carboxylic acids is 2. The van der Waals surface area contributed by atoms with E-state index in [-0.39, 0.29) is 11.7 Å². The Kier molecular flexibility index (Phi) is 5.54. The summed E-state index contributed by atoms with van der Waals surface area (Å²) in [6.45, 7) is 3.16. The molecule has 22 heavy (non-hydrogen) atoms. The van der Waals surface area contributed by atoms with Gasteiger partial charge in [0.15, 0.2) is 11.9 Å². The van der Waals surface area contributed by atoms with Gasteiger partial charge in [0.2, 0.25) is 0 Å². The van der Waals surface area contributed by atoms with Gasteiger partial charge >= 0.3 is 0 Å². The third kappa shape index (κ3) is 4.56. The number of halogens is 1. The number of carbonyl (C=O) groups is 2. The number of benzene rings is 2. The number of rotatable bonds is 5. The molecule has 0 saturated heterocycles. The maximum absolute atomic E-state index is 12.1. The van der Waals surface area contributed by atoms with Gasteiger partial charge in [0.05, 0.1) is 0 Å². The van der Waals surface area contributed by atoms with E-state index in [1.165, 1.54) is 6.92 Å².